The molecule has 1 atom stereocenters. The zero-order valence-corrected chi connectivity index (χ0v) is 12.3. The van der Waals surface area contributed by atoms with E-state index in [0.29, 0.717) is 12.5 Å². The summed E-state index contributed by atoms with van der Waals surface area (Å²) in [5.41, 5.74) is 7.80. The lowest BCUT2D eigenvalue weighted by Gasteiger charge is -2.25. The molecule has 0 saturated carbocycles. The third-order valence-corrected chi connectivity index (χ3v) is 4.66. The highest BCUT2D eigenvalue weighted by Crippen LogP contribution is 2.26. The van der Waals surface area contributed by atoms with Crippen LogP contribution in [0.25, 0.3) is 0 Å². The van der Waals surface area contributed by atoms with E-state index in [9.17, 15) is 4.79 Å². The first-order chi connectivity index (χ1) is 9.22. The number of hydrogen-bond acceptors (Lipinski definition) is 3. The molecule has 1 aliphatic heterocycles. The van der Waals surface area contributed by atoms with E-state index in [4.69, 9.17) is 5.73 Å². The van der Waals surface area contributed by atoms with Crippen LogP contribution in [-0.2, 0) is 11.3 Å². The van der Waals surface area contributed by atoms with Crippen LogP contribution in [0.3, 0.4) is 0 Å². The molecule has 1 amide bonds. The third-order valence-electron chi connectivity index (χ3n) is 3.50. The summed E-state index contributed by atoms with van der Waals surface area (Å²) in [6, 6.07) is 7.81. The van der Waals surface area contributed by atoms with Crippen LogP contribution in [0.2, 0.25) is 0 Å². The molecule has 0 radical (unpaired) electrons. The molecule has 1 fully saturated rings. The van der Waals surface area contributed by atoms with Gasteiger partial charge in [0.1, 0.15) is 0 Å². The minimum Gasteiger partial charge on any atom is -0.398 e. The molecule has 1 aromatic carbocycles. The van der Waals surface area contributed by atoms with Gasteiger partial charge < -0.3 is 10.6 Å². The number of rotatable bonds is 5. The van der Waals surface area contributed by atoms with Crippen molar-refractivity contribution in [3.05, 3.63) is 29.8 Å². The summed E-state index contributed by atoms with van der Waals surface area (Å²) in [5, 5.41) is 0. The van der Waals surface area contributed by atoms with E-state index in [1.165, 1.54) is 0 Å². The minimum atomic E-state index is 0.210. The summed E-state index contributed by atoms with van der Waals surface area (Å²) in [6.07, 6.45) is 2.01. The van der Waals surface area contributed by atoms with Crippen LogP contribution in [0, 0.1) is 5.92 Å². The van der Waals surface area contributed by atoms with Gasteiger partial charge in [0.25, 0.3) is 0 Å². The molecule has 1 saturated heterocycles. The maximum absolute atomic E-state index is 12.5. The van der Waals surface area contributed by atoms with Gasteiger partial charge in [0, 0.05) is 30.4 Å². The predicted octanol–water partition coefficient (Wildman–Crippen LogP) is 2.76. The molecule has 19 heavy (non-hydrogen) atoms. The molecule has 1 aromatic rings. The van der Waals surface area contributed by atoms with Gasteiger partial charge in [0.2, 0.25) is 5.91 Å². The first-order valence-corrected chi connectivity index (χ1v) is 8.07. The molecule has 104 valence electrons. The van der Waals surface area contributed by atoms with Crippen LogP contribution < -0.4 is 5.73 Å². The van der Waals surface area contributed by atoms with Gasteiger partial charge >= 0.3 is 0 Å². The molecule has 0 aromatic heterocycles. The molecule has 1 unspecified atom stereocenters. The van der Waals surface area contributed by atoms with Crippen molar-refractivity contribution in [2.45, 2.75) is 26.3 Å². The van der Waals surface area contributed by atoms with E-state index in [-0.39, 0.29) is 5.92 Å². The molecule has 3 nitrogen and oxygen atoms in total. The summed E-state index contributed by atoms with van der Waals surface area (Å²) in [4.78, 5) is 14.5. The van der Waals surface area contributed by atoms with Crippen molar-refractivity contribution in [1.82, 2.24) is 4.90 Å². The van der Waals surface area contributed by atoms with Crippen molar-refractivity contribution >= 4 is 23.4 Å². The van der Waals surface area contributed by atoms with E-state index in [1.807, 2.05) is 40.9 Å². The molecule has 0 bridgehead atoms. The van der Waals surface area contributed by atoms with Gasteiger partial charge in [0.15, 0.2) is 0 Å². The third kappa shape index (κ3) is 3.66. The largest absolute Gasteiger partial charge is 0.398 e. The van der Waals surface area contributed by atoms with Gasteiger partial charge in [-0.05, 0) is 30.2 Å². The average molecular weight is 278 g/mol. The number of carbonyl (C=O) groups is 1. The van der Waals surface area contributed by atoms with Gasteiger partial charge in [-0.2, -0.15) is 11.8 Å². The first-order valence-electron chi connectivity index (χ1n) is 6.92. The Balaban J connectivity index is 2.07. The second-order valence-electron chi connectivity index (χ2n) is 5.02. The molecule has 2 rings (SSSR count). The van der Waals surface area contributed by atoms with E-state index in [0.717, 1.165) is 42.1 Å². The predicted molar refractivity (Wildman–Crippen MR) is 82.0 cm³/mol. The molecule has 4 heteroatoms. The van der Waals surface area contributed by atoms with Crippen molar-refractivity contribution in [2.24, 2.45) is 5.92 Å². The Morgan fingerprint density at radius 2 is 2.26 bits per heavy atom. The van der Waals surface area contributed by atoms with Crippen molar-refractivity contribution < 1.29 is 4.79 Å². The fourth-order valence-corrected chi connectivity index (χ4v) is 3.62. The van der Waals surface area contributed by atoms with E-state index in [1.54, 1.807) is 0 Å². The van der Waals surface area contributed by atoms with Crippen LogP contribution in [-0.4, -0.2) is 28.9 Å². The number of anilines is 1. The standard InChI is InChI=1S/C15H22N2OS/c1-2-8-17(15(18)13-7-9-19-11-13)10-12-5-3-4-6-14(12)16/h3-6,13H,2,7-11,16H2,1H3. The van der Waals surface area contributed by atoms with E-state index >= 15 is 0 Å². The zero-order valence-electron chi connectivity index (χ0n) is 11.5. The van der Waals surface area contributed by atoms with Crippen LogP contribution in [0.4, 0.5) is 5.69 Å². The lowest BCUT2D eigenvalue weighted by Crippen LogP contribution is -2.36. The number of carbonyl (C=O) groups excluding carboxylic acids is 1. The molecule has 0 spiro atoms. The highest BCUT2D eigenvalue weighted by molar-refractivity contribution is 7.99. The molecule has 1 heterocycles. The van der Waals surface area contributed by atoms with Crippen molar-refractivity contribution in [3.8, 4) is 0 Å². The Morgan fingerprint density at radius 1 is 1.47 bits per heavy atom. The Labute approximate surface area is 119 Å². The van der Waals surface area contributed by atoms with Crippen LogP contribution in [0.15, 0.2) is 24.3 Å². The van der Waals surface area contributed by atoms with Gasteiger partial charge in [-0.3, -0.25) is 4.79 Å². The quantitative estimate of drug-likeness (QED) is 0.842. The summed E-state index contributed by atoms with van der Waals surface area (Å²) < 4.78 is 0. The molecular weight excluding hydrogens is 256 g/mol. The number of benzene rings is 1. The van der Waals surface area contributed by atoms with Crippen molar-refractivity contribution in [2.75, 3.05) is 23.8 Å². The number of nitrogens with zero attached hydrogens (tertiary/aromatic N) is 1. The van der Waals surface area contributed by atoms with Crippen molar-refractivity contribution in [3.63, 3.8) is 0 Å². The monoisotopic (exact) mass is 278 g/mol. The number of nitrogen functional groups attached to an aromatic ring is 1. The fourth-order valence-electron chi connectivity index (χ4n) is 2.41. The Bertz CT molecular complexity index is 430. The number of para-hydroxylation sites is 1. The Kier molecular flexibility index (Phi) is 5.14. The Morgan fingerprint density at radius 3 is 2.89 bits per heavy atom. The second kappa shape index (κ2) is 6.85. The fraction of sp³-hybridized carbons (Fsp3) is 0.533. The van der Waals surface area contributed by atoms with Gasteiger partial charge in [0.05, 0.1) is 0 Å². The van der Waals surface area contributed by atoms with Crippen LogP contribution in [0.5, 0.6) is 0 Å². The normalized spacial score (nSPS) is 18.5. The first kappa shape index (κ1) is 14.3. The van der Waals surface area contributed by atoms with Gasteiger partial charge in [-0.1, -0.05) is 25.1 Å². The molecule has 1 aliphatic rings. The van der Waals surface area contributed by atoms with Gasteiger partial charge in [-0.25, -0.2) is 0 Å². The van der Waals surface area contributed by atoms with Crippen molar-refractivity contribution in [1.29, 1.82) is 0 Å². The average Bonchev–Trinajstić information content (AvgIpc) is 2.94. The molecular formula is C15H22N2OS. The van der Waals surface area contributed by atoms with Crippen LogP contribution in [0.1, 0.15) is 25.3 Å². The maximum Gasteiger partial charge on any atom is 0.226 e. The van der Waals surface area contributed by atoms with E-state index < -0.39 is 0 Å². The smallest absolute Gasteiger partial charge is 0.226 e. The highest BCUT2D eigenvalue weighted by atomic mass is 32.2. The highest BCUT2D eigenvalue weighted by Gasteiger charge is 2.27. The molecule has 2 N–H and O–H groups in total. The lowest BCUT2D eigenvalue weighted by molar-refractivity contribution is -0.135. The number of hydrogen-bond donors (Lipinski definition) is 1. The van der Waals surface area contributed by atoms with Gasteiger partial charge in [-0.15, -0.1) is 0 Å². The molecule has 0 aliphatic carbocycles. The second-order valence-corrected chi connectivity index (χ2v) is 6.17. The van der Waals surface area contributed by atoms with Crippen LogP contribution >= 0.6 is 11.8 Å². The van der Waals surface area contributed by atoms with E-state index in [2.05, 4.69) is 6.92 Å². The number of amides is 1. The topological polar surface area (TPSA) is 46.3 Å². The summed E-state index contributed by atoms with van der Waals surface area (Å²) in [5.74, 6) is 2.60. The Hall–Kier alpha value is -1.16. The summed E-state index contributed by atoms with van der Waals surface area (Å²) in [6.45, 7) is 3.56. The number of thioether (sulfide) groups is 1. The summed E-state index contributed by atoms with van der Waals surface area (Å²) in [7, 11) is 0. The zero-order chi connectivity index (χ0) is 13.7. The maximum atomic E-state index is 12.5. The number of nitrogens with two attached hydrogens (primary N) is 1. The summed E-state index contributed by atoms with van der Waals surface area (Å²) >= 11 is 1.88. The minimum absolute atomic E-state index is 0.210. The SMILES string of the molecule is CCCN(Cc1ccccc1N)C(=O)C1CCSC1. The lowest BCUT2D eigenvalue weighted by atomic mass is 10.1.